The van der Waals surface area contributed by atoms with E-state index in [0.29, 0.717) is 24.7 Å². The summed E-state index contributed by atoms with van der Waals surface area (Å²) < 4.78 is 0. The summed E-state index contributed by atoms with van der Waals surface area (Å²) in [6.45, 7) is 8.15. The normalized spacial score (nSPS) is 34.3. The second-order valence-corrected chi connectivity index (χ2v) is 4.89. The monoisotopic (exact) mass is 198 g/mol. The van der Waals surface area contributed by atoms with Gasteiger partial charge in [-0.15, -0.1) is 0 Å². The number of piperazine rings is 1. The van der Waals surface area contributed by atoms with Gasteiger partial charge in [-0.05, 0) is 26.7 Å². The van der Waals surface area contributed by atoms with E-state index in [0.717, 1.165) is 6.54 Å². The van der Waals surface area contributed by atoms with Crippen molar-refractivity contribution >= 4 is 0 Å². The zero-order chi connectivity index (χ0) is 10.1. The summed E-state index contributed by atoms with van der Waals surface area (Å²) in [6.07, 6.45) is 2.65. The van der Waals surface area contributed by atoms with E-state index >= 15 is 0 Å². The lowest BCUT2D eigenvalue weighted by molar-refractivity contribution is 0.0384. The maximum absolute atomic E-state index is 9.00. The molecule has 2 aliphatic heterocycles. The molecule has 2 saturated heterocycles. The van der Waals surface area contributed by atoms with E-state index in [9.17, 15) is 0 Å². The Balaban J connectivity index is 1.97. The Morgan fingerprint density at radius 3 is 2.21 bits per heavy atom. The van der Waals surface area contributed by atoms with Crippen LogP contribution in [0.5, 0.6) is 0 Å². The first-order valence-corrected chi connectivity index (χ1v) is 5.83. The Morgan fingerprint density at radius 2 is 1.79 bits per heavy atom. The van der Waals surface area contributed by atoms with E-state index in [-0.39, 0.29) is 0 Å². The predicted molar refractivity (Wildman–Crippen MR) is 57.3 cm³/mol. The van der Waals surface area contributed by atoms with Gasteiger partial charge in [0.15, 0.2) is 0 Å². The third-order valence-electron chi connectivity index (χ3n) is 3.75. The molecule has 0 amide bonds. The molecule has 2 heterocycles. The Labute approximate surface area is 86.7 Å². The molecule has 14 heavy (non-hydrogen) atoms. The molecule has 0 aromatic rings. The van der Waals surface area contributed by atoms with Crippen molar-refractivity contribution < 1.29 is 5.11 Å². The maximum Gasteiger partial charge on any atom is 0.0558 e. The fraction of sp³-hybridized carbons (Fsp3) is 1.00. The van der Waals surface area contributed by atoms with Crippen molar-refractivity contribution in [1.82, 2.24) is 9.80 Å². The predicted octanol–water partition coefficient (Wildman–Crippen LogP) is 0.536. The molecular weight excluding hydrogens is 176 g/mol. The molecule has 0 radical (unpaired) electrons. The molecule has 0 saturated carbocycles. The molecule has 2 unspecified atom stereocenters. The topological polar surface area (TPSA) is 26.7 Å². The molecule has 0 spiro atoms. The van der Waals surface area contributed by atoms with E-state index in [1.807, 2.05) is 0 Å². The van der Waals surface area contributed by atoms with Crippen LogP contribution in [-0.4, -0.2) is 59.3 Å². The van der Waals surface area contributed by atoms with Crippen molar-refractivity contribution in [3.8, 4) is 0 Å². The average molecular weight is 198 g/mol. The van der Waals surface area contributed by atoms with Gasteiger partial charge in [0.1, 0.15) is 0 Å². The molecule has 3 nitrogen and oxygen atoms in total. The SMILES string of the molecule is CC(C)N1CC2CCC(C1)N2CCO. The van der Waals surface area contributed by atoms with Crippen molar-refractivity contribution in [2.24, 2.45) is 0 Å². The Bertz CT molecular complexity index is 182. The van der Waals surface area contributed by atoms with Crippen LogP contribution in [0.25, 0.3) is 0 Å². The number of fused-ring (bicyclic) bond motifs is 2. The standard InChI is InChI=1S/C11H22N2O/c1-9(2)12-7-10-3-4-11(8-12)13(10)5-6-14/h9-11,14H,3-8H2,1-2H3. The lowest BCUT2D eigenvalue weighted by Crippen LogP contribution is -2.55. The lowest BCUT2D eigenvalue weighted by atomic mass is 10.1. The summed E-state index contributed by atoms with van der Waals surface area (Å²) in [5, 5.41) is 9.00. The largest absolute Gasteiger partial charge is 0.395 e. The van der Waals surface area contributed by atoms with Gasteiger partial charge < -0.3 is 5.11 Å². The molecule has 2 rings (SSSR count). The molecule has 0 aliphatic carbocycles. The van der Waals surface area contributed by atoms with Crippen molar-refractivity contribution in [3.05, 3.63) is 0 Å². The van der Waals surface area contributed by atoms with E-state index in [1.54, 1.807) is 0 Å². The van der Waals surface area contributed by atoms with Gasteiger partial charge >= 0.3 is 0 Å². The Kier molecular flexibility index (Phi) is 3.10. The highest BCUT2D eigenvalue weighted by Crippen LogP contribution is 2.30. The minimum atomic E-state index is 0.314. The van der Waals surface area contributed by atoms with Crippen LogP contribution in [0.15, 0.2) is 0 Å². The van der Waals surface area contributed by atoms with Crippen LogP contribution < -0.4 is 0 Å². The van der Waals surface area contributed by atoms with Gasteiger partial charge in [0.25, 0.3) is 0 Å². The zero-order valence-corrected chi connectivity index (χ0v) is 9.32. The Hall–Kier alpha value is -0.120. The first-order valence-electron chi connectivity index (χ1n) is 5.83. The maximum atomic E-state index is 9.00. The summed E-state index contributed by atoms with van der Waals surface area (Å²) in [6, 6.07) is 2.10. The second kappa shape index (κ2) is 4.17. The first-order chi connectivity index (χ1) is 6.72. The van der Waals surface area contributed by atoms with Gasteiger partial charge in [-0.25, -0.2) is 0 Å². The molecule has 2 aliphatic rings. The highest BCUT2D eigenvalue weighted by atomic mass is 16.3. The highest BCUT2D eigenvalue weighted by molar-refractivity contribution is 4.96. The van der Waals surface area contributed by atoms with Crippen molar-refractivity contribution in [2.45, 2.75) is 44.8 Å². The minimum Gasteiger partial charge on any atom is -0.395 e. The number of aliphatic hydroxyl groups excluding tert-OH is 1. The summed E-state index contributed by atoms with van der Waals surface area (Å²) in [7, 11) is 0. The summed E-state index contributed by atoms with van der Waals surface area (Å²) >= 11 is 0. The molecule has 2 atom stereocenters. The number of rotatable bonds is 3. The van der Waals surface area contributed by atoms with E-state index < -0.39 is 0 Å². The average Bonchev–Trinajstić information content (AvgIpc) is 2.40. The number of hydrogen-bond donors (Lipinski definition) is 1. The molecule has 0 aromatic carbocycles. The van der Waals surface area contributed by atoms with E-state index in [2.05, 4.69) is 23.6 Å². The molecular formula is C11H22N2O. The summed E-state index contributed by atoms with van der Waals surface area (Å²) in [5.74, 6) is 0. The van der Waals surface area contributed by atoms with Gasteiger partial charge in [-0.2, -0.15) is 0 Å². The summed E-state index contributed by atoms with van der Waals surface area (Å²) in [5.41, 5.74) is 0. The molecule has 2 bridgehead atoms. The molecule has 3 heteroatoms. The van der Waals surface area contributed by atoms with Gasteiger partial charge in [-0.3, -0.25) is 9.80 Å². The van der Waals surface area contributed by atoms with Gasteiger partial charge in [-0.1, -0.05) is 0 Å². The third-order valence-corrected chi connectivity index (χ3v) is 3.75. The highest BCUT2D eigenvalue weighted by Gasteiger charge is 2.39. The van der Waals surface area contributed by atoms with Gasteiger partial charge in [0, 0.05) is 37.8 Å². The zero-order valence-electron chi connectivity index (χ0n) is 9.32. The number of hydrogen-bond acceptors (Lipinski definition) is 3. The Morgan fingerprint density at radius 1 is 1.21 bits per heavy atom. The van der Waals surface area contributed by atoms with Crippen LogP contribution in [0.1, 0.15) is 26.7 Å². The molecule has 2 fully saturated rings. The van der Waals surface area contributed by atoms with Crippen LogP contribution in [-0.2, 0) is 0 Å². The fourth-order valence-electron chi connectivity index (χ4n) is 2.93. The summed E-state index contributed by atoms with van der Waals surface area (Å²) in [4.78, 5) is 5.09. The minimum absolute atomic E-state index is 0.314. The van der Waals surface area contributed by atoms with Crippen LogP contribution >= 0.6 is 0 Å². The van der Waals surface area contributed by atoms with Crippen LogP contribution in [0.3, 0.4) is 0 Å². The van der Waals surface area contributed by atoms with Crippen molar-refractivity contribution in [1.29, 1.82) is 0 Å². The van der Waals surface area contributed by atoms with E-state index in [4.69, 9.17) is 5.11 Å². The lowest BCUT2D eigenvalue weighted by Gasteiger charge is -2.42. The first kappa shape index (κ1) is 10.4. The second-order valence-electron chi connectivity index (χ2n) is 4.89. The van der Waals surface area contributed by atoms with Gasteiger partial charge in [0.05, 0.1) is 6.61 Å². The van der Waals surface area contributed by atoms with Crippen LogP contribution in [0.2, 0.25) is 0 Å². The quantitative estimate of drug-likeness (QED) is 0.717. The third kappa shape index (κ3) is 1.81. The number of likely N-dealkylation sites (tertiary alicyclic amines) is 1. The van der Waals surface area contributed by atoms with Crippen molar-refractivity contribution in [3.63, 3.8) is 0 Å². The molecule has 82 valence electrons. The molecule has 0 aromatic heterocycles. The smallest absolute Gasteiger partial charge is 0.0558 e. The van der Waals surface area contributed by atoms with Crippen molar-refractivity contribution in [2.75, 3.05) is 26.2 Å². The van der Waals surface area contributed by atoms with E-state index in [1.165, 1.54) is 25.9 Å². The molecule has 1 N–H and O–H groups in total. The number of aliphatic hydroxyl groups is 1. The fourth-order valence-corrected chi connectivity index (χ4v) is 2.93. The van der Waals surface area contributed by atoms with Gasteiger partial charge in [0.2, 0.25) is 0 Å². The van der Waals surface area contributed by atoms with Crippen LogP contribution in [0.4, 0.5) is 0 Å². The van der Waals surface area contributed by atoms with Crippen LogP contribution in [0, 0.1) is 0 Å². The number of nitrogens with zero attached hydrogens (tertiary/aromatic N) is 2.